The molecule has 0 unspecified atom stereocenters. The van der Waals surface area contributed by atoms with Crippen LogP contribution in [0, 0.1) is 11.3 Å². The molecule has 2 aromatic rings. The van der Waals surface area contributed by atoms with Crippen molar-refractivity contribution >= 4 is 21.1 Å². The number of hydrogen-bond donors (Lipinski definition) is 2. The normalized spacial score (nSPS) is 12.7. The van der Waals surface area contributed by atoms with E-state index in [1.54, 1.807) is 6.07 Å². The van der Waals surface area contributed by atoms with Crippen LogP contribution in [-0.2, 0) is 16.0 Å². The van der Waals surface area contributed by atoms with Gasteiger partial charge >= 0.3 is 6.18 Å². The molecular weight excluding hydrogens is 349 g/mol. The lowest BCUT2D eigenvalue weighted by molar-refractivity contribution is -0.137. The summed E-state index contributed by atoms with van der Waals surface area (Å²) >= 11 is 0. The maximum absolute atomic E-state index is 13.1. The first kappa shape index (κ1) is 17.4. The molecule has 1 heterocycles. The van der Waals surface area contributed by atoms with Crippen LogP contribution in [0.15, 0.2) is 29.3 Å². The van der Waals surface area contributed by atoms with E-state index in [1.807, 2.05) is 0 Å². The first-order valence-corrected chi connectivity index (χ1v) is 8.04. The Morgan fingerprint density at radius 2 is 2.12 bits per heavy atom. The third-order valence-electron chi connectivity index (χ3n) is 2.80. The minimum absolute atomic E-state index is 0.105. The van der Waals surface area contributed by atoms with E-state index in [4.69, 9.17) is 5.26 Å². The van der Waals surface area contributed by atoms with Gasteiger partial charge in [0.05, 0.1) is 16.1 Å². The summed E-state index contributed by atoms with van der Waals surface area (Å²) in [6, 6.07) is 4.21. The van der Waals surface area contributed by atoms with Crippen molar-refractivity contribution in [2.24, 2.45) is 0 Å². The molecule has 12 heteroatoms. The number of nitrogens with zero attached hydrogens (tertiary/aromatic N) is 4. The molecule has 0 aliphatic carbocycles. The van der Waals surface area contributed by atoms with E-state index in [9.17, 15) is 21.6 Å². The number of nitrogens with one attached hydrogen (secondary N) is 2. The number of aromatic nitrogens is 4. The van der Waals surface area contributed by atoms with Crippen LogP contribution in [0.5, 0.6) is 0 Å². The Morgan fingerprint density at radius 1 is 1.42 bits per heavy atom. The second-order valence-corrected chi connectivity index (χ2v) is 6.54. The van der Waals surface area contributed by atoms with Gasteiger partial charge in [0.2, 0.25) is 5.82 Å². The zero-order valence-corrected chi connectivity index (χ0v) is 12.8. The van der Waals surface area contributed by atoms with Gasteiger partial charge in [-0.25, -0.2) is 8.42 Å². The Kier molecular flexibility index (Phi) is 4.56. The third-order valence-corrected chi connectivity index (χ3v) is 3.91. The van der Waals surface area contributed by atoms with Gasteiger partial charge in [-0.2, -0.15) is 23.6 Å². The van der Waals surface area contributed by atoms with Crippen LogP contribution in [0.1, 0.15) is 11.4 Å². The molecule has 126 valence electrons. The van der Waals surface area contributed by atoms with Gasteiger partial charge in [0.15, 0.2) is 9.84 Å². The SMILES string of the molecule is CS(=O)(=O)c1ccc(NC=C(C#N)c2nn[nH]n2)c(C(F)(F)F)c1. The highest BCUT2D eigenvalue weighted by atomic mass is 32.2. The lowest BCUT2D eigenvalue weighted by Gasteiger charge is -2.14. The van der Waals surface area contributed by atoms with Crippen molar-refractivity contribution in [1.29, 1.82) is 5.26 Å². The van der Waals surface area contributed by atoms with Gasteiger partial charge < -0.3 is 5.32 Å². The average molecular weight is 358 g/mol. The Morgan fingerprint density at radius 3 is 2.62 bits per heavy atom. The molecule has 0 amide bonds. The van der Waals surface area contributed by atoms with Gasteiger partial charge in [-0.1, -0.05) is 0 Å². The topological polar surface area (TPSA) is 124 Å². The summed E-state index contributed by atoms with van der Waals surface area (Å²) < 4.78 is 62.3. The minimum atomic E-state index is -4.80. The van der Waals surface area contributed by atoms with Crippen molar-refractivity contribution in [3.8, 4) is 6.07 Å². The van der Waals surface area contributed by atoms with Crippen LogP contribution in [0.4, 0.5) is 18.9 Å². The number of rotatable bonds is 4. The van der Waals surface area contributed by atoms with Crippen LogP contribution in [-0.4, -0.2) is 35.3 Å². The van der Waals surface area contributed by atoms with Crippen molar-refractivity contribution in [2.45, 2.75) is 11.1 Å². The van der Waals surface area contributed by atoms with Gasteiger partial charge in [-0.05, 0) is 23.4 Å². The Bertz CT molecular complexity index is 913. The highest BCUT2D eigenvalue weighted by Crippen LogP contribution is 2.36. The molecule has 0 spiro atoms. The van der Waals surface area contributed by atoms with Crippen molar-refractivity contribution in [3.05, 3.63) is 35.8 Å². The van der Waals surface area contributed by atoms with Crippen LogP contribution >= 0.6 is 0 Å². The molecule has 0 bridgehead atoms. The van der Waals surface area contributed by atoms with E-state index in [0.29, 0.717) is 6.07 Å². The summed E-state index contributed by atoms with van der Waals surface area (Å²) in [7, 11) is -3.80. The number of anilines is 1. The van der Waals surface area contributed by atoms with Crippen LogP contribution in [0.25, 0.3) is 5.57 Å². The van der Waals surface area contributed by atoms with Crippen molar-refractivity contribution < 1.29 is 21.6 Å². The first-order valence-electron chi connectivity index (χ1n) is 6.15. The molecule has 0 saturated heterocycles. The number of alkyl halides is 3. The quantitative estimate of drug-likeness (QED) is 0.795. The fraction of sp³-hybridized carbons (Fsp3) is 0.167. The number of allylic oxidation sites excluding steroid dienone is 1. The fourth-order valence-electron chi connectivity index (χ4n) is 1.69. The molecule has 0 aliphatic heterocycles. The molecular formula is C12H9F3N6O2S. The second-order valence-electron chi connectivity index (χ2n) is 4.53. The van der Waals surface area contributed by atoms with E-state index in [0.717, 1.165) is 24.6 Å². The zero-order chi connectivity index (χ0) is 18.0. The molecule has 8 nitrogen and oxygen atoms in total. The van der Waals surface area contributed by atoms with Crippen LogP contribution in [0.2, 0.25) is 0 Å². The van der Waals surface area contributed by atoms with E-state index < -0.39 is 32.2 Å². The Labute approximate surface area is 133 Å². The second kappa shape index (κ2) is 6.28. The molecule has 2 N–H and O–H groups in total. The Balaban J connectivity index is 2.45. The standard InChI is InChI=1S/C12H9F3N6O2S/c1-24(22,23)8-2-3-10(9(4-8)12(13,14)15)17-6-7(5-16)11-18-20-21-19-11/h2-4,6,17H,1H3,(H,18,19,20,21). The number of tetrazole rings is 1. The molecule has 0 saturated carbocycles. The number of sulfone groups is 1. The predicted octanol–water partition coefficient (Wildman–Crippen LogP) is 1.60. The number of halogens is 3. The maximum Gasteiger partial charge on any atom is 0.418 e. The summed E-state index contributed by atoms with van der Waals surface area (Å²) in [5.74, 6) is -0.105. The zero-order valence-electron chi connectivity index (χ0n) is 12.0. The summed E-state index contributed by atoms with van der Waals surface area (Å²) in [4.78, 5) is -0.469. The number of H-pyrrole nitrogens is 1. The lowest BCUT2D eigenvalue weighted by atomic mass is 10.1. The maximum atomic E-state index is 13.1. The summed E-state index contributed by atoms with van der Waals surface area (Å²) in [5, 5.41) is 23.7. The van der Waals surface area contributed by atoms with Gasteiger partial charge in [0.1, 0.15) is 11.6 Å². The van der Waals surface area contributed by atoms with E-state index in [1.165, 1.54) is 0 Å². The van der Waals surface area contributed by atoms with Crippen molar-refractivity contribution in [3.63, 3.8) is 0 Å². The largest absolute Gasteiger partial charge is 0.418 e. The number of hydrogen-bond acceptors (Lipinski definition) is 7. The van der Waals surface area contributed by atoms with Crippen molar-refractivity contribution in [2.75, 3.05) is 11.6 Å². The molecule has 0 fully saturated rings. The smallest absolute Gasteiger partial charge is 0.360 e. The molecule has 0 radical (unpaired) electrons. The van der Waals surface area contributed by atoms with Gasteiger partial charge in [-0.15, -0.1) is 10.2 Å². The summed E-state index contributed by atoms with van der Waals surface area (Å²) in [5.41, 5.74) is -1.78. The number of aromatic amines is 1. The van der Waals surface area contributed by atoms with E-state index >= 15 is 0 Å². The van der Waals surface area contributed by atoms with Crippen LogP contribution in [0.3, 0.4) is 0 Å². The highest BCUT2D eigenvalue weighted by molar-refractivity contribution is 7.90. The molecule has 2 rings (SSSR count). The number of benzene rings is 1. The van der Waals surface area contributed by atoms with E-state index in [2.05, 4.69) is 25.9 Å². The first-order chi connectivity index (χ1) is 11.1. The molecule has 0 aliphatic rings. The minimum Gasteiger partial charge on any atom is -0.360 e. The van der Waals surface area contributed by atoms with Gasteiger partial charge in [0.25, 0.3) is 0 Å². The average Bonchev–Trinajstić information content (AvgIpc) is 3.00. The van der Waals surface area contributed by atoms with Gasteiger partial charge in [-0.3, -0.25) is 0 Å². The number of nitriles is 1. The highest BCUT2D eigenvalue weighted by Gasteiger charge is 2.34. The van der Waals surface area contributed by atoms with Crippen molar-refractivity contribution in [1.82, 2.24) is 20.6 Å². The monoisotopic (exact) mass is 358 g/mol. The molecule has 0 atom stereocenters. The third kappa shape index (κ3) is 3.87. The summed E-state index contributed by atoms with van der Waals surface area (Å²) in [6.45, 7) is 0. The molecule has 24 heavy (non-hydrogen) atoms. The Hall–Kier alpha value is -2.94. The molecule has 1 aromatic carbocycles. The predicted molar refractivity (Wildman–Crippen MR) is 75.9 cm³/mol. The fourth-order valence-corrected chi connectivity index (χ4v) is 2.33. The van der Waals surface area contributed by atoms with Gasteiger partial charge in [0, 0.05) is 12.5 Å². The lowest BCUT2D eigenvalue weighted by Crippen LogP contribution is -2.11. The summed E-state index contributed by atoms with van der Waals surface area (Å²) in [6.07, 6.45) is -3.02. The molecule has 1 aromatic heterocycles. The van der Waals surface area contributed by atoms with E-state index in [-0.39, 0.29) is 11.4 Å². The van der Waals surface area contributed by atoms with Crippen LogP contribution < -0.4 is 5.32 Å².